The molecule has 2 N–H and O–H groups in total. The molecule has 1 saturated carbocycles. The lowest BCUT2D eigenvalue weighted by atomic mass is 9.92. The van der Waals surface area contributed by atoms with Crippen LogP contribution < -0.4 is 5.73 Å². The molecule has 1 aliphatic carbocycles. The molecule has 2 aliphatic rings. The maximum absolute atomic E-state index is 5.97. The van der Waals surface area contributed by atoms with Gasteiger partial charge in [0.15, 0.2) is 0 Å². The number of hydrogen-bond donors (Lipinski definition) is 1. The van der Waals surface area contributed by atoms with E-state index in [0.717, 1.165) is 24.8 Å². The SMILES string of the molecule is Nc1cccc2c1CN(C1CCC1)C2. The van der Waals surface area contributed by atoms with E-state index in [0.29, 0.717) is 0 Å². The van der Waals surface area contributed by atoms with Crippen LogP contribution in [0.4, 0.5) is 5.69 Å². The molecule has 3 rings (SSSR count). The first-order valence-corrected chi connectivity index (χ1v) is 5.45. The van der Waals surface area contributed by atoms with E-state index in [1.54, 1.807) is 0 Å². The minimum absolute atomic E-state index is 0.835. The molecule has 14 heavy (non-hydrogen) atoms. The molecule has 2 nitrogen and oxygen atoms in total. The van der Waals surface area contributed by atoms with Gasteiger partial charge in [-0.25, -0.2) is 0 Å². The van der Waals surface area contributed by atoms with Crippen LogP contribution in [0.3, 0.4) is 0 Å². The summed E-state index contributed by atoms with van der Waals surface area (Å²) in [5.74, 6) is 0. The molecule has 0 saturated heterocycles. The number of nitrogens with zero attached hydrogens (tertiary/aromatic N) is 1. The minimum Gasteiger partial charge on any atom is -0.398 e. The number of nitrogen functional groups attached to an aromatic ring is 1. The second kappa shape index (κ2) is 2.99. The fourth-order valence-electron chi connectivity index (χ4n) is 2.48. The van der Waals surface area contributed by atoms with Crippen molar-refractivity contribution < 1.29 is 0 Å². The van der Waals surface area contributed by atoms with Crippen LogP contribution in [-0.2, 0) is 13.1 Å². The van der Waals surface area contributed by atoms with E-state index < -0.39 is 0 Å². The van der Waals surface area contributed by atoms with Crippen LogP contribution in [0.15, 0.2) is 18.2 Å². The van der Waals surface area contributed by atoms with Crippen molar-refractivity contribution >= 4 is 5.69 Å². The molecule has 0 aromatic heterocycles. The summed E-state index contributed by atoms with van der Waals surface area (Å²) in [5, 5.41) is 0. The highest BCUT2D eigenvalue weighted by molar-refractivity contribution is 5.52. The Labute approximate surface area is 84.7 Å². The first kappa shape index (κ1) is 8.30. The van der Waals surface area contributed by atoms with E-state index in [4.69, 9.17) is 5.73 Å². The third-order valence-electron chi connectivity index (χ3n) is 3.64. The van der Waals surface area contributed by atoms with Crippen molar-refractivity contribution in [3.05, 3.63) is 29.3 Å². The largest absolute Gasteiger partial charge is 0.398 e. The Morgan fingerprint density at radius 3 is 2.71 bits per heavy atom. The summed E-state index contributed by atoms with van der Waals surface area (Å²) < 4.78 is 0. The fraction of sp³-hybridized carbons (Fsp3) is 0.500. The lowest BCUT2D eigenvalue weighted by molar-refractivity contribution is 0.127. The van der Waals surface area contributed by atoms with Crippen molar-refractivity contribution in [3.63, 3.8) is 0 Å². The van der Waals surface area contributed by atoms with Gasteiger partial charge >= 0.3 is 0 Å². The predicted molar refractivity (Wildman–Crippen MR) is 57.7 cm³/mol. The van der Waals surface area contributed by atoms with Gasteiger partial charge in [-0.3, -0.25) is 4.90 Å². The number of anilines is 1. The molecule has 1 aromatic rings. The van der Waals surface area contributed by atoms with Crippen molar-refractivity contribution in [1.82, 2.24) is 4.90 Å². The molecular weight excluding hydrogens is 172 g/mol. The first-order chi connectivity index (χ1) is 6.84. The molecule has 0 amide bonds. The summed E-state index contributed by atoms with van der Waals surface area (Å²) in [5.41, 5.74) is 9.76. The van der Waals surface area contributed by atoms with Crippen molar-refractivity contribution in [3.8, 4) is 0 Å². The zero-order valence-corrected chi connectivity index (χ0v) is 8.37. The van der Waals surface area contributed by atoms with E-state index in [2.05, 4.69) is 17.0 Å². The summed E-state index contributed by atoms with van der Waals surface area (Å²) in [6.45, 7) is 2.19. The lowest BCUT2D eigenvalue weighted by Gasteiger charge is -2.34. The summed E-state index contributed by atoms with van der Waals surface area (Å²) in [6, 6.07) is 7.13. The molecule has 1 fully saturated rings. The van der Waals surface area contributed by atoms with E-state index >= 15 is 0 Å². The monoisotopic (exact) mass is 188 g/mol. The molecule has 0 spiro atoms. The van der Waals surface area contributed by atoms with Gasteiger partial charge in [-0.05, 0) is 30.0 Å². The fourth-order valence-corrected chi connectivity index (χ4v) is 2.48. The first-order valence-electron chi connectivity index (χ1n) is 5.45. The van der Waals surface area contributed by atoms with Crippen LogP contribution in [0.1, 0.15) is 30.4 Å². The number of fused-ring (bicyclic) bond motifs is 1. The second-order valence-corrected chi connectivity index (χ2v) is 4.47. The Bertz CT molecular complexity index is 355. The van der Waals surface area contributed by atoms with Crippen LogP contribution in [0.25, 0.3) is 0 Å². The van der Waals surface area contributed by atoms with Crippen molar-refractivity contribution in [2.45, 2.75) is 38.4 Å². The molecule has 0 bridgehead atoms. The maximum atomic E-state index is 5.97. The van der Waals surface area contributed by atoms with Gasteiger partial charge in [0.05, 0.1) is 0 Å². The predicted octanol–water partition coefficient (Wildman–Crippen LogP) is 2.14. The molecule has 1 aliphatic heterocycles. The standard InChI is InChI=1S/C12H16N2/c13-12-6-1-3-9-7-14(8-11(9)12)10-4-2-5-10/h1,3,6,10H,2,4-5,7-8,13H2. The highest BCUT2D eigenvalue weighted by Crippen LogP contribution is 2.34. The van der Waals surface area contributed by atoms with Crippen LogP contribution in [-0.4, -0.2) is 10.9 Å². The Kier molecular flexibility index (Phi) is 1.77. The Morgan fingerprint density at radius 1 is 1.21 bits per heavy atom. The quantitative estimate of drug-likeness (QED) is 0.684. The number of rotatable bonds is 1. The molecule has 1 heterocycles. The summed E-state index contributed by atoms with van der Waals surface area (Å²) in [6.07, 6.45) is 4.18. The van der Waals surface area contributed by atoms with Gasteiger partial charge in [-0.15, -0.1) is 0 Å². The van der Waals surface area contributed by atoms with Gasteiger partial charge in [0.1, 0.15) is 0 Å². The van der Waals surface area contributed by atoms with Gasteiger partial charge in [-0.2, -0.15) is 0 Å². The zero-order chi connectivity index (χ0) is 9.54. The van der Waals surface area contributed by atoms with Gasteiger partial charge in [0.25, 0.3) is 0 Å². The van der Waals surface area contributed by atoms with Gasteiger partial charge < -0.3 is 5.73 Å². The number of nitrogens with two attached hydrogens (primary N) is 1. The third-order valence-corrected chi connectivity index (χ3v) is 3.64. The van der Waals surface area contributed by atoms with Crippen molar-refractivity contribution in [2.24, 2.45) is 0 Å². The normalized spacial score (nSPS) is 22.0. The molecule has 0 atom stereocenters. The minimum atomic E-state index is 0.835. The molecule has 74 valence electrons. The summed E-state index contributed by atoms with van der Waals surface area (Å²) >= 11 is 0. The highest BCUT2D eigenvalue weighted by Gasteiger charge is 2.30. The number of benzene rings is 1. The summed E-state index contributed by atoms with van der Waals surface area (Å²) in [7, 11) is 0. The average molecular weight is 188 g/mol. The molecule has 2 heteroatoms. The van der Waals surface area contributed by atoms with E-state index in [-0.39, 0.29) is 0 Å². The highest BCUT2D eigenvalue weighted by atomic mass is 15.2. The van der Waals surface area contributed by atoms with E-state index in [1.807, 2.05) is 6.07 Å². The summed E-state index contributed by atoms with van der Waals surface area (Å²) in [4.78, 5) is 2.57. The Hall–Kier alpha value is -1.02. The van der Waals surface area contributed by atoms with Crippen molar-refractivity contribution in [2.75, 3.05) is 5.73 Å². The van der Waals surface area contributed by atoms with Crippen LogP contribution >= 0.6 is 0 Å². The smallest absolute Gasteiger partial charge is 0.0363 e. The Morgan fingerprint density at radius 2 is 2.07 bits per heavy atom. The van der Waals surface area contributed by atoms with Crippen LogP contribution in [0.2, 0.25) is 0 Å². The third kappa shape index (κ3) is 1.14. The van der Waals surface area contributed by atoms with E-state index in [9.17, 15) is 0 Å². The van der Waals surface area contributed by atoms with Crippen LogP contribution in [0, 0.1) is 0 Å². The Balaban J connectivity index is 1.86. The van der Waals surface area contributed by atoms with Gasteiger partial charge in [0, 0.05) is 24.8 Å². The maximum Gasteiger partial charge on any atom is 0.0363 e. The topological polar surface area (TPSA) is 29.3 Å². The molecule has 0 radical (unpaired) electrons. The molecule has 1 aromatic carbocycles. The lowest BCUT2D eigenvalue weighted by Crippen LogP contribution is -2.36. The molecular formula is C12H16N2. The van der Waals surface area contributed by atoms with Gasteiger partial charge in [-0.1, -0.05) is 18.6 Å². The van der Waals surface area contributed by atoms with Crippen LogP contribution in [0.5, 0.6) is 0 Å². The second-order valence-electron chi connectivity index (χ2n) is 4.47. The molecule has 0 unspecified atom stereocenters. The zero-order valence-electron chi connectivity index (χ0n) is 8.37. The van der Waals surface area contributed by atoms with E-state index in [1.165, 1.54) is 30.4 Å². The average Bonchev–Trinajstić information content (AvgIpc) is 2.46. The van der Waals surface area contributed by atoms with Crippen molar-refractivity contribution in [1.29, 1.82) is 0 Å². The van der Waals surface area contributed by atoms with Gasteiger partial charge in [0.2, 0.25) is 0 Å². The number of hydrogen-bond acceptors (Lipinski definition) is 2.